The summed E-state index contributed by atoms with van der Waals surface area (Å²) in [4.78, 5) is 33.2. The molecule has 7 nitrogen and oxygen atoms in total. The molecule has 0 spiro atoms. The molecule has 0 aliphatic carbocycles. The summed E-state index contributed by atoms with van der Waals surface area (Å²) in [5.41, 5.74) is 1.09. The lowest BCUT2D eigenvalue weighted by Gasteiger charge is -2.14. The van der Waals surface area contributed by atoms with Crippen LogP contribution in [0.15, 0.2) is 36.5 Å². The van der Waals surface area contributed by atoms with Crippen LogP contribution in [0.2, 0.25) is 0 Å². The van der Waals surface area contributed by atoms with Gasteiger partial charge in [-0.1, -0.05) is 36.5 Å². The van der Waals surface area contributed by atoms with Crippen molar-refractivity contribution < 1.29 is 19.1 Å². The maximum absolute atomic E-state index is 12.8. The molecule has 1 unspecified atom stereocenters. The highest BCUT2D eigenvalue weighted by molar-refractivity contribution is 7.17. The van der Waals surface area contributed by atoms with Crippen molar-refractivity contribution in [3.63, 3.8) is 0 Å². The van der Waals surface area contributed by atoms with Gasteiger partial charge in [-0.25, -0.2) is 14.8 Å². The smallest absolute Gasteiger partial charge is 0.349 e. The van der Waals surface area contributed by atoms with E-state index in [1.807, 2.05) is 38.1 Å². The first-order chi connectivity index (χ1) is 13.0. The van der Waals surface area contributed by atoms with E-state index in [2.05, 4.69) is 20.0 Å². The van der Waals surface area contributed by atoms with E-state index in [1.54, 1.807) is 6.07 Å². The first-order valence-electron chi connectivity index (χ1n) is 8.43. The Kier molecular flexibility index (Phi) is 5.66. The third kappa shape index (κ3) is 4.22. The van der Waals surface area contributed by atoms with Crippen LogP contribution in [0.4, 0.5) is 5.13 Å². The third-order valence-electron chi connectivity index (χ3n) is 3.95. The number of carbonyl (C=O) groups is 2. The number of esters is 1. The molecule has 8 heteroatoms. The van der Waals surface area contributed by atoms with Gasteiger partial charge in [0.1, 0.15) is 4.88 Å². The molecule has 1 N–H and O–H groups in total. The quantitative estimate of drug-likeness (QED) is 0.647. The van der Waals surface area contributed by atoms with E-state index in [0.717, 1.165) is 17.8 Å². The number of pyridine rings is 1. The maximum Gasteiger partial charge on any atom is 0.349 e. The van der Waals surface area contributed by atoms with Crippen LogP contribution in [-0.4, -0.2) is 35.1 Å². The highest BCUT2D eigenvalue weighted by Crippen LogP contribution is 2.25. The maximum atomic E-state index is 12.8. The van der Waals surface area contributed by atoms with E-state index in [4.69, 9.17) is 4.74 Å². The Morgan fingerprint density at radius 3 is 2.81 bits per heavy atom. The predicted molar refractivity (Wildman–Crippen MR) is 104 cm³/mol. The Bertz CT molecular complexity index is 986. The van der Waals surface area contributed by atoms with Crippen molar-refractivity contribution in [2.45, 2.75) is 26.4 Å². The summed E-state index contributed by atoms with van der Waals surface area (Å²) in [6.07, 6.45) is 2.18. The van der Waals surface area contributed by atoms with Gasteiger partial charge in [0.2, 0.25) is 5.88 Å². The van der Waals surface area contributed by atoms with E-state index in [9.17, 15) is 9.59 Å². The van der Waals surface area contributed by atoms with Gasteiger partial charge >= 0.3 is 5.97 Å². The van der Waals surface area contributed by atoms with E-state index >= 15 is 0 Å². The molecule has 0 aliphatic rings. The number of rotatable bonds is 6. The van der Waals surface area contributed by atoms with Gasteiger partial charge in [-0.05, 0) is 19.4 Å². The van der Waals surface area contributed by atoms with E-state index < -0.39 is 5.97 Å². The second-order valence-corrected chi connectivity index (χ2v) is 6.87. The lowest BCUT2D eigenvalue weighted by Crippen LogP contribution is -2.15. The summed E-state index contributed by atoms with van der Waals surface area (Å²) in [7, 11) is 1.29. The van der Waals surface area contributed by atoms with Gasteiger partial charge in [0.05, 0.1) is 30.5 Å². The molecule has 1 atom stereocenters. The fourth-order valence-electron chi connectivity index (χ4n) is 2.38. The lowest BCUT2D eigenvalue weighted by atomic mass is 10.1. The summed E-state index contributed by atoms with van der Waals surface area (Å²) in [6, 6.07) is 8.97. The average molecular weight is 385 g/mol. The van der Waals surface area contributed by atoms with Crippen LogP contribution in [0.3, 0.4) is 0 Å². The normalized spacial score (nSPS) is 11.8. The minimum Gasteiger partial charge on any atom is -0.475 e. The molecule has 0 saturated carbocycles. The molecule has 0 aliphatic heterocycles. The Labute approximate surface area is 160 Å². The molecule has 140 valence electrons. The minimum absolute atomic E-state index is 0.0175. The molecule has 3 aromatic rings. The molecule has 1 aromatic carbocycles. The number of amides is 1. The SMILES string of the molecule is CCC(C)Oc1cc(C(=O)Nc2ncc(C(=O)OC)s2)c2ccccc2n1. The van der Waals surface area contributed by atoms with Crippen molar-refractivity contribution in [2.24, 2.45) is 0 Å². The van der Waals surface area contributed by atoms with Gasteiger partial charge in [-0.2, -0.15) is 0 Å². The van der Waals surface area contributed by atoms with Crippen molar-refractivity contribution in [2.75, 3.05) is 12.4 Å². The second kappa shape index (κ2) is 8.13. The number of ether oxygens (including phenoxy) is 2. The molecule has 2 heterocycles. The summed E-state index contributed by atoms with van der Waals surface area (Å²) < 4.78 is 10.5. The van der Waals surface area contributed by atoms with E-state index in [-0.39, 0.29) is 12.0 Å². The van der Waals surface area contributed by atoms with Gasteiger partial charge in [-0.3, -0.25) is 10.1 Å². The topological polar surface area (TPSA) is 90.4 Å². The number of para-hydroxylation sites is 1. The summed E-state index contributed by atoms with van der Waals surface area (Å²) in [5, 5.41) is 3.74. The van der Waals surface area contributed by atoms with Gasteiger partial charge in [-0.15, -0.1) is 0 Å². The molecule has 0 saturated heterocycles. The Balaban J connectivity index is 1.92. The first-order valence-corrected chi connectivity index (χ1v) is 9.25. The number of carbonyl (C=O) groups excluding carboxylic acids is 2. The van der Waals surface area contributed by atoms with Crippen LogP contribution in [0, 0.1) is 0 Å². The number of aromatic nitrogens is 2. The molecule has 1 amide bonds. The minimum atomic E-state index is -0.494. The van der Waals surface area contributed by atoms with Crippen molar-refractivity contribution in [3.8, 4) is 5.88 Å². The van der Waals surface area contributed by atoms with E-state index in [0.29, 0.717) is 32.4 Å². The van der Waals surface area contributed by atoms with Crippen LogP contribution in [-0.2, 0) is 4.74 Å². The number of nitrogens with one attached hydrogen (secondary N) is 1. The van der Waals surface area contributed by atoms with Crippen LogP contribution in [0.1, 0.15) is 40.3 Å². The molecule has 2 aromatic heterocycles. The molecule has 27 heavy (non-hydrogen) atoms. The Hall–Kier alpha value is -3.00. The number of anilines is 1. The average Bonchev–Trinajstić information content (AvgIpc) is 3.15. The standard InChI is InChI=1S/C19H19N3O4S/c1-4-11(2)26-16-9-13(12-7-5-6-8-14(12)21-16)17(23)22-19-20-10-15(27-19)18(24)25-3/h5-11H,4H2,1-3H3,(H,20,22,23). The van der Waals surface area contributed by atoms with Crippen molar-refractivity contribution in [1.29, 1.82) is 0 Å². The molecule has 3 rings (SSSR count). The van der Waals surface area contributed by atoms with Gasteiger partial charge < -0.3 is 9.47 Å². The molecule has 0 bridgehead atoms. The largest absolute Gasteiger partial charge is 0.475 e. The number of hydrogen-bond acceptors (Lipinski definition) is 7. The summed E-state index contributed by atoms with van der Waals surface area (Å²) in [6.45, 7) is 3.96. The zero-order valence-electron chi connectivity index (χ0n) is 15.2. The van der Waals surface area contributed by atoms with E-state index in [1.165, 1.54) is 13.3 Å². The number of fused-ring (bicyclic) bond motifs is 1. The van der Waals surface area contributed by atoms with Crippen molar-refractivity contribution in [3.05, 3.63) is 47.0 Å². The zero-order valence-corrected chi connectivity index (χ0v) is 16.0. The predicted octanol–water partition coefficient (Wildman–Crippen LogP) is 3.91. The number of methoxy groups -OCH3 is 1. The zero-order chi connectivity index (χ0) is 19.4. The second-order valence-electron chi connectivity index (χ2n) is 5.84. The number of hydrogen-bond donors (Lipinski definition) is 1. The van der Waals surface area contributed by atoms with Crippen LogP contribution in [0.5, 0.6) is 5.88 Å². The van der Waals surface area contributed by atoms with Crippen LogP contribution < -0.4 is 10.1 Å². The Morgan fingerprint density at radius 1 is 1.30 bits per heavy atom. The van der Waals surface area contributed by atoms with Crippen LogP contribution >= 0.6 is 11.3 Å². The fourth-order valence-corrected chi connectivity index (χ4v) is 3.11. The molecular weight excluding hydrogens is 366 g/mol. The molecular formula is C19H19N3O4S. The van der Waals surface area contributed by atoms with Gasteiger partial charge in [0, 0.05) is 11.5 Å². The monoisotopic (exact) mass is 385 g/mol. The number of thiazole rings is 1. The lowest BCUT2D eigenvalue weighted by molar-refractivity contribution is 0.0606. The summed E-state index contributed by atoms with van der Waals surface area (Å²) in [5.74, 6) is -0.456. The fraction of sp³-hybridized carbons (Fsp3) is 0.263. The first kappa shape index (κ1) is 18.8. The highest BCUT2D eigenvalue weighted by atomic mass is 32.1. The van der Waals surface area contributed by atoms with Gasteiger partial charge in [0.25, 0.3) is 5.91 Å². The number of nitrogens with zero attached hydrogens (tertiary/aromatic N) is 2. The summed E-state index contributed by atoms with van der Waals surface area (Å²) >= 11 is 1.05. The highest BCUT2D eigenvalue weighted by Gasteiger charge is 2.17. The molecule has 0 radical (unpaired) electrons. The van der Waals surface area contributed by atoms with Crippen LogP contribution in [0.25, 0.3) is 10.9 Å². The van der Waals surface area contributed by atoms with Crippen molar-refractivity contribution >= 4 is 39.2 Å². The van der Waals surface area contributed by atoms with Gasteiger partial charge in [0.15, 0.2) is 5.13 Å². The third-order valence-corrected chi connectivity index (χ3v) is 4.84. The van der Waals surface area contributed by atoms with Crippen molar-refractivity contribution in [1.82, 2.24) is 9.97 Å². The molecule has 0 fully saturated rings. The number of benzene rings is 1. The Morgan fingerprint density at radius 2 is 2.07 bits per heavy atom.